The lowest BCUT2D eigenvalue weighted by molar-refractivity contribution is 0.873. The maximum atomic E-state index is 6.03. The van der Waals surface area contributed by atoms with Crippen LogP contribution in [-0.2, 0) is 0 Å². The molecule has 4 rings (SSSR count). The molecule has 0 fully saturated rings. The van der Waals surface area contributed by atoms with E-state index in [0.29, 0.717) is 0 Å². The van der Waals surface area contributed by atoms with Crippen molar-refractivity contribution in [2.75, 3.05) is 0 Å². The quantitative estimate of drug-likeness (QED) is 0.532. The van der Waals surface area contributed by atoms with E-state index in [-0.39, 0.29) is 0 Å². The Balaban J connectivity index is 1.77. The zero-order valence-electron chi connectivity index (χ0n) is 10.9. The highest BCUT2D eigenvalue weighted by atomic mass is 35.5. The molecular formula is C16H10ClN3S. The van der Waals surface area contributed by atoms with Gasteiger partial charge in [-0.3, -0.25) is 0 Å². The van der Waals surface area contributed by atoms with E-state index in [1.165, 1.54) is 0 Å². The van der Waals surface area contributed by atoms with Crippen molar-refractivity contribution >= 4 is 33.2 Å². The molecule has 0 bridgehead atoms. The predicted molar refractivity (Wildman–Crippen MR) is 87.2 cm³/mol. The van der Waals surface area contributed by atoms with E-state index in [1.54, 1.807) is 16.0 Å². The molecule has 4 aromatic rings. The molecule has 0 amide bonds. The molecule has 2 aromatic heterocycles. The van der Waals surface area contributed by atoms with Gasteiger partial charge in [-0.05, 0) is 29.8 Å². The Bertz CT molecular complexity index is 893. The fourth-order valence-corrected chi connectivity index (χ4v) is 3.29. The number of rotatable bonds is 2. The molecule has 0 aliphatic heterocycles. The minimum absolute atomic E-state index is 0.722. The van der Waals surface area contributed by atoms with Crippen LogP contribution in [0.25, 0.3) is 26.5 Å². The second kappa shape index (κ2) is 4.98. The van der Waals surface area contributed by atoms with Crippen molar-refractivity contribution in [3.8, 4) is 16.3 Å². The first-order chi connectivity index (χ1) is 10.3. The summed E-state index contributed by atoms with van der Waals surface area (Å²) in [6, 6.07) is 15.8. The minimum atomic E-state index is 0.722. The number of thiazole rings is 1. The Labute approximate surface area is 130 Å². The van der Waals surface area contributed by atoms with Crippen molar-refractivity contribution in [2.24, 2.45) is 0 Å². The third kappa shape index (κ3) is 2.33. The van der Waals surface area contributed by atoms with Crippen molar-refractivity contribution in [3.63, 3.8) is 0 Å². The van der Waals surface area contributed by atoms with E-state index in [9.17, 15) is 0 Å². The molecule has 0 aliphatic rings. The van der Waals surface area contributed by atoms with Gasteiger partial charge in [0.2, 0.25) is 5.13 Å². The molecule has 0 saturated carbocycles. The maximum Gasteiger partial charge on any atom is 0.211 e. The summed E-state index contributed by atoms with van der Waals surface area (Å²) in [5.74, 6) is 0. The van der Waals surface area contributed by atoms with Gasteiger partial charge in [0.1, 0.15) is 0 Å². The molecule has 0 N–H and O–H groups in total. The molecule has 21 heavy (non-hydrogen) atoms. The summed E-state index contributed by atoms with van der Waals surface area (Å²) in [7, 11) is 0. The Kier molecular flexibility index (Phi) is 2.98. The molecule has 0 saturated heterocycles. The summed E-state index contributed by atoms with van der Waals surface area (Å²) >= 11 is 7.66. The molecule has 0 aliphatic carbocycles. The van der Waals surface area contributed by atoms with Crippen LogP contribution < -0.4 is 0 Å². The van der Waals surface area contributed by atoms with Crippen LogP contribution >= 0.6 is 22.9 Å². The molecule has 2 aromatic carbocycles. The van der Waals surface area contributed by atoms with E-state index in [2.05, 4.69) is 16.1 Å². The zero-order chi connectivity index (χ0) is 14.2. The van der Waals surface area contributed by atoms with Crippen LogP contribution in [-0.4, -0.2) is 14.8 Å². The Morgan fingerprint density at radius 3 is 2.76 bits per heavy atom. The Morgan fingerprint density at radius 1 is 1.00 bits per heavy atom. The summed E-state index contributed by atoms with van der Waals surface area (Å²) in [4.78, 5) is 4.60. The monoisotopic (exact) mass is 311 g/mol. The fraction of sp³-hybridized carbons (Fsp3) is 0. The van der Waals surface area contributed by atoms with Gasteiger partial charge in [0.05, 0.1) is 16.4 Å². The predicted octanol–water partition coefficient (Wildman–Crippen LogP) is 4.80. The minimum Gasteiger partial charge on any atom is -0.218 e. The van der Waals surface area contributed by atoms with Crippen LogP contribution in [0.4, 0.5) is 0 Å². The molecule has 102 valence electrons. The third-order valence-electron chi connectivity index (χ3n) is 3.22. The SMILES string of the molecule is Clc1cccc(-c2cnn(-c3nc4ccccc4s3)c2)c1. The van der Waals surface area contributed by atoms with Crippen molar-refractivity contribution in [2.45, 2.75) is 0 Å². The summed E-state index contributed by atoms with van der Waals surface area (Å²) < 4.78 is 2.97. The van der Waals surface area contributed by atoms with E-state index in [0.717, 1.165) is 31.5 Å². The second-order valence-electron chi connectivity index (χ2n) is 4.65. The summed E-state index contributed by atoms with van der Waals surface area (Å²) in [5.41, 5.74) is 3.07. The maximum absolute atomic E-state index is 6.03. The molecule has 0 unspecified atom stereocenters. The van der Waals surface area contributed by atoms with Crippen molar-refractivity contribution in [1.82, 2.24) is 14.8 Å². The topological polar surface area (TPSA) is 30.7 Å². The summed E-state index contributed by atoms with van der Waals surface area (Å²) in [6.07, 6.45) is 3.81. The average Bonchev–Trinajstić information content (AvgIpc) is 3.14. The van der Waals surface area contributed by atoms with Gasteiger partial charge in [0.25, 0.3) is 0 Å². The van der Waals surface area contributed by atoms with Crippen LogP contribution in [0.2, 0.25) is 5.02 Å². The number of hydrogen-bond acceptors (Lipinski definition) is 3. The number of fused-ring (bicyclic) bond motifs is 1. The average molecular weight is 312 g/mol. The van der Waals surface area contributed by atoms with E-state index in [1.807, 2.05) is 54.9 Å². The second-order valence-corrected chi connectivity index (χ2v) is 6.09. The van der Waals surface area contributed by atoms with Crippen molar-refractivity contribution < 1.29 is 0 Å². The third-order valence-corrected chi connectivity index (χ3v) is 4.48. The first-order valence-electron chi connectivity index (χ1n) is 6.46. The van der Waals surface area contributed by atoms with Crippen LogP contribution in [0.15, 0.2) is 60.9 Å². The first kappa shape index (κ1) is 12.6. The van der Waals surface area contributed by atoms with Gasteiger partial charge in [-0.25, -0.2) is 9.67 Å². The van der Waals surface area contributed by atoms with E-state index in [4.69, 9.17) is 11.6 Å². The standard InChI is InChI=1S/C16H10ClN3S/c17-13-5-3-4-11(8-13)12-9-18-20(10-12)16-19-14-6-1-2-7-15(14)21-16/h1-10H. The Hall–Kier alpha value is -2.17. The molecule has 0 atom stereocenters. The smallest absolute Gasteiger partial charge is 0.211 e. The van der Waals surface area contributed by atoms with Crippen LogP contribution in [0.3, 0.4) is 0 Å². The molecule has 2 heterocycles. The van der Waals surface area contributed by atoms with Gasteiger partial charge in [0, 0.05) is 16.8 Å². The largest absolute Gasteiger partial charge is 0.218 e. The molecular weight excluding hydrogens is 302 g/mol. The van der Waals surface area contributed by atoms with Gasteiger partial charge >= 0.3 is 0 Å². The van der Waals surface area contributed by atoms with Crippen molar-refractivity contribution in [1.29, 1.82) is 0 Å². The van der Waals surface area contributed by atoms with Gasteiger partial charge in [-0.15, -0.1) is 0 Å². The highest BCUT2D eigenvalue weighted by Gasteiger charge is 2.08. The molecule has 3 nitrogen and oxygen atoms in total. The molecule has 0 spiro atoms. The highest BCUT2D eigenvalue weighted by molar-refractivity contribution is 7.20. The van der Waals surface area contributed by atoms with Gasteiger partial charge in [-0.2, -0.15) is 5.10 Å². The summed E-state index contributed by atoms with van der Waals surface area (Å²) in [6.45, 7) is 0. The molecule has 0 radical (unpaired) electrons. The van der Waals surface area contributed by atoms with Gasteiger partial charge < -0.3 is 0 Å². The zero-order valence-corrected chi connectivity index (χ0v) is 12.5. The lowest BCUT2D eigenvalue weighted by Gasteiger charge is -1.97. The van der Waals surface area contributed by atoms with E-state index >= 15 is 0 Å². The van der Waals surface area contributed by atoms with E-state index < -0.39 is 0 Å². The number of benzene rings is 2. The number of aromatic nitrogens is 3. The van der Waals surface area contributed by atoms with Crippen LogP contribution in [0.5, 0.6) is 0 Å². The first-order valence-corrected chi connectivity index (χ1v) is 7.65. The summed E-state index contributed by atoms with van der Waals surface area (Å²) in [5, 5.41) is 6.00. The number of halogens is 1. The fourth-order valence-electron chi connectivity index (χ4n) is 2.20. The van der Waals surface area contributed by atoms with Gasteiger partial charge in [0.15, 0.2) is 0 Å². The van der Waals surface area contributed by atoms with Crippen LogP contribution in [0.1, 0.15) is 0 Å². The molecule has 5 heteroatoms. The number of para-hydroxylation sites is 1. The Morgan fingerprint density at radius 2 is 1.90 bits per heavy atom. The normalized spacial score (nSPS) is 11.1. The lowest BCUT2D eigenvalue weighted by Crippen LogP contribution is -1.91. The highest BCUT2D eigenvalue weighted by Crippen LogP contribution is 2.27. The van der Waals surface area contributed by atoms with Gasteiger partial charge in [-0.1, -0.05) is 47.2 Å². The van der Waals surface area contributed by atoms with Crippen LogP contribution in [0, 0.1) is 0 Å². The number of nitrogens with zero attached hydrogens (tertiary/aromatic N) is 3. The lowest BCUT2D eigenvalue weighted by atomic mass is 10.1. The number of hydrogen-bond donors (Lipinski definition) is 0. The van der Waals surface area contributed by atoms with Crippen molar-refractivity contribution in [3.05, 3.63) is 65.9 Å².